The normalized spacial score (nSPS) is 21.1. The van der Waals surface area contributed by atoms with E-state index in [1.165, 1.54) is 0 Å². The van der Waals surface area contributed by atoms with E-state index >= 15 is 0 Å². The number of nitrogens with one attached hydrogen (secondary N) is 1. The molecular formula is C23H32N4O3. The first-order valence-electron chi connectivity index (χ1n) is 11.0. The van der Waals surface area contributed by atoms with E-state index < -0.39 is 5.60 Å². The first-order valence-corrected chi connectivity index (χ1v) is 11.0. The summed E-state index contributed by atoms with van der Waals surface area (Å²) in [4.78, 5) is 37.3. The molecule has 30 heavy (non-hydrogen) atoms. The van der Waals surface area contributed by atoms with Crippen LogP contribution in [-0.4, -0.2) is 63.5 Å². The van der Waals surface area contributed by atoms with Crippen LogP contribution in [0.5, 0.6) is 0 Å². The SMILES string of the molecule is CC(C)(C)OC(=O)N1CCC(C(=O)N2CCC[C@H](c3nc4ccccc4[nH]3)C2)CC1. The van der Waals surface area contributed by atoms with E-state index in [1.54, 1.807) is 4.90 Å². The Hall–Kier alpha value is -2.57. The number of amides is 2. The molecule has 1 N–H and O–H groups in total. The van der Waals surface area contributed by atoms with Crippen molar-refractivity contribution in [2.45, 2.75) is 58.0 Å². The van der Waals surface area contributed by atoms with Crippen molar-refractivity contribution in [2.24, 2.45) is 5.92 Å². The molecule has 2 saturated heterocycles. The average molecular weight is 413 g/mol. The molecule has 1 atom stereocenters. The number of carbonyl (C=O) groups is 2. The number of para-hydroxylation sites is 2. The Labute approximate surface area is 177 Å². The summed E-state index contributed by atoms with van der Waals surface area (Å²) in [7, 11) is 0. The van der Waals surface area contributed by atoms with Crippen molar-refractivity contribution < 1.29 is 14.3 Å². The molecule has 4 rings (SSSR count). The monoisotopic (exact) mass is 412 g/mol. The molecule has 162 valence electrons. The van der Waals surface area contributed by atoms with E-state index in [2.05, 4.69) is 4.98 Å². The van der Waals surface area contributed by atoms with Gasteiger partial charge in [-0.1, -0.05) is 12.1 Å². The van der Waals surface area contributed by atoms with E-state index in [9.17, 15) is 9.59 Å². The molecule has 0 spiro atoms. The summed E-state index contributed by atoms with van der Waals surface area (Å²) in [5, 5.41) is 0. The summed E-state index contributed by atoms with van der Waals surface area (Å²) in [5.74, 6) is 1.43. The number of aromatic amines is 1. The molecular weight excluding hydrogens is 380 g/mol. The van der Waals surface area contributed by atoms with Gasteiger partial charge in [-0.15, -0.1) is 0 Å². The van der Waals surface area contributed by atoms with Crippen LogP contribution in [0.25, 0.3) is 11.0 Å². The van der Waals surface area contributed by atoms with Crippen LogP contribution in [0.2, 0.25) is 0 Å². The topological polar surface area (TPSA) is 78.5 Å². The van der Waals surface area contributed by atoms with Crippen molar-refractivity contribution in [2.75, 3.05) is 26.2 Å². The minimum atomic E-state index is -0.497. The number of benzene rings is 1. The third-order valence-electron chi connectivity index (χ3n) is 6.02. The summed E-state index contributed by atoms with van der Waals surface area (Å²) in [6, 6.07) is 8.05. The van der Waals surface area contributed by atoms with Gasteiger partial charge in [-0.2, -0.15) is 0 Å². The highest BCUT2D eigenvalue weighted by Gasteiger charge is 2.34. The number of piperidine rings is 2. The fourth-order valence-electron chi connectivity index (χ4n) is 4.46. The molecule has 3 heterocycles. The van der Waals surface area contributed by atoms with Gasteiger partial charge >= 0.3 is 6.09 Å². The van der Waals surface area contributed by atoms with Gasteiger partial charge in [-0.25, -0.2) is 9.78 Å². The molecule has 7 heteroatoms. The predicted molar refractivity (Wildman–Crippen MR) is 115 cm³/mol. The largest absolute Gasteiger partial charge is 0.444 e. The van der Waals surface area contributed by atoms with Gasteiger partial charge in [-0.05, 0) is 58.6 Å². The number of nitrogens with zero attached hydrogens (tertiary/aromatic N) is 3. The molecule has 1 aromatic heterocycles. The Morgan fingerprint density at radius 3 is 2.50 bits per heavy atom. The van der Waals surface area contributed by atoms with Crippen LogP contribution >= 0.6 is 0 Å². The second-order valence-corrected chi connectivity index (χ2v) is 9.50. The zero-order valence-electron chi connectivity index (χ0n) is 18.2. The number of ether oxygens (including phenoxy) is 1. The number of H-pyrrole nitrogens is 1. The van der Waals surface area contributed by atoms with E-state index in [-0.39, 0.29) is 23.8 Å². The van der Waals surface area contributed by atoms with Gasteiger partial charge in [0.2, 0.25) is 5.91 Å². The molecule has 0 unspecified atom stereocenters. The molecule has 2 aliphatic heterocycles. The van der Waals surface area contributed by atoms with E-state index in [1.807, 2.05) is 49.9 Å². The maximum Gasteiger partial charge on any atom is 0.410 e. The minimum absolute atomic E-state index is 0.0156. The van der Waals surface area contributed by atoms with Crippen molar-refractivity contribution in [3.05, 3.63) is 30.1 Å². The van der Waals surface area contributed by atoms with Crippen LogP contribution in [0.15, 0.2) is 24.3 Å². The molecule has 0 aliphatic carbocycles. The number of rotatable bonds is 2. The van der Waals surface area contributed by atoms with Gasteiger partial charge in [-0.3, -0.25) is 4.79 Å². The number of likely N-dealkylation sites (tertiary alicyclic amines) is 2. The van der Waals surface area contributed by atoms with Gasteiger partial charge in [0, 0.05) is 38.0 Å². The lowest BCUT2D eigenvalue weighted by molar-refractivity contribution is -0.138. The molecule has 2 aromatic rings. The number of aromatic nitrogens is 2. The van der Waals surface area contributed by atoms with E-state index in [4.69, 9.17) is 9.72 Å². The summed E-state index contributed by atoms with van der Waals surface area (Å²) in [5.41, 5.74) is 1.53. The van der Waals surface area contributed by atoms with Crippen molar-refractivity contribution in [1.82, 2.24) is 19.8 Å². The molecule has 2 amide bonds. The van der Waals surface area contributed by atoms with Gasteiger partial charge in [0.05, 0.1) is 11.0 Å². The van der Waals surface area contributed by atoms with Crippen LogP contribution in [0.4, 0.5) is 4.79 Å². The molecule has 0 saturated carbocycles. The van der Waals surface area contributed by atoms with Gasteiger partial charge in [0.15, 0.2) is 0 Å². The maximum absolute atomic E-state index is 13.2. The number of imidazole rings is 1. The average Bonchev–Trinajstić information content (AvgIpc) is 3.16. The summed E-state index contributed by atoms with van der Waals surface area (Å²) >= 11 is 0. The second kappa shape index (κ2) is 8.28. The van der Waals surface area contributed by atoms with Gasteiger partial charge in [0.1, 0.15) is 11.4 Å². The fourth-order valence-corrected chi connectivity index (χ4v) is 4.46. The lowest BCUT2D eigenvalue weighted by Gasteiger charge is -2.37. The number of fused-ring (bicyclic) bond motifs is 1. The lowest BCUT2D eigenvalue weighted by Crippen LogP contribution is -2.47. The molecule has 2 aliphatic rings. The second-order valence-electron chi connectivity index (χ2n) is 9.50. The molecule has 0 radical (unpaired) electrons. The Bertz CT molecular complexity index is 876. The van der Waals surface area contributed by atoms with Gasteiger partial charge < -0.3 is 19.5 Å². The van der Waals surface area contributed by atoms with E-state index in [0.29, 0.717) is 32.5 Å². The quantitative estimate of drug-likeness (QED) is 0.811. The van der Waals surface area contributed by atoms with Crippen LogP contribution < -0.4 is 0 Å². The Morgan fingerprint density at radius 2 is 1.80 bits per heavy atom. The predicted octanol–water partition coefficient (Wildman–Crippen LogP) is 3.92. The van der Waals surface area contributed by atoms with Crippen LogP contribution in [0.3, 0.4) is 0 Å². The smallest absolute Gasteiger partial charge is 0.410 e. The maximum atomic E-state index is 13.2. The molecule has 1 aromatic carbocycles. The van der Waals surface area contributed by atoms with Crippen molar-refractivity contribution in [3.8, 4) is 0 Å². The summed E-state index contributed by atoms with van der Waals surface area (Å²) in [6.07, 6.45) is 3.15. The molecule has 0 bridgehead atoms. The third-order valence-corrected chi connectivity index (χ3v) is 6.02. The summed E-state index contributed by atoms with van der Waals surface area (Å²) in [6.45, 7) is 8.28. The van der Waals surface area contributed by atoms with Crippen molar-refractivity contribution in [1.29, 1.82) is 0 Å². The highest BCUT2D eigenvalue weighted by Crippen LogP contribution is 2.29. The van der Waals surface area contributed by atoms with Crippen LogP contribution in [0, 0.1) is 5.92 Å². The van der Waals surface area contributed by atoms with Crippen molar-refractivity contribution >= 4 is 23.0 Å². The van der Waals surface area contributed by atoms with Gasteiger partial charge in [0.25, 0.3) is 0 Å². The summed E-state index contributed by atoms with van der Waals surface area (Å²) < 4.78 is 5.46. The van der Waals surface area contributed by atoms with Crippen molar-refractivity contribution in [3.63, 3.8) is 0 Å². The zero-order valence-corrected chi connectivity index (χ0v) is 18.2. The molecule has 2 fully saturated rings. The lowest BCUT2D eigenvalue weighted by atomic mass is 9.92. The molecule has 7 nitrogen and oxygen atoms in total. The third kappa shape index (κ3) is 4.60. The standard InChI is InChI=1S/C23H32N4O3/c1-23(2,3)30-22(29)26-13-10-16(11-14-26)21(28)27-12-6-7-17(15-27)20-24-18-8-4-5-9-19(18)25-20/h4-5,8-9,16-17H,6-7,10-15H2,1-3H3,(H,24,25)/t17-/m0/s1. The number of hydrogen-bond donors (Lipinski definition) is 1. The highest BCUT2D eigenvalue weighted by molar-refractivity contribution is 5.80. The van der Waals surface area contributed by atoms with Crippen LogP contribution in [-0.2, 0) is 9.53 Å². The number of carbonyl (C=O) groups excluding carboxylic acids is 2. The van der Waals surface area contributed by atoms with Crippen LogP contribution in [0.1, 0.15) is 58.2 Å². The Balaban J connectivity index is 1.34. The Morgan fingerprint density at radius 1 is 1.07 bits per heavy atom. The minimum Gasteiger partial charge on any atom is -0.444 e. The fraction of sp³-hybridized carbons (Fsp3) is 0.609. The first kappa shape index (κ1) is 20.7. The van der Waals surface area contributed by atoms with E-state index in [0.717, 1.165) is 36.2 Å². The highest BCUT2D eigenvalue weighted by atomic mass is 16.6. The zero-order chi connectivity index (χ0) is 21.3. The number of hydrogen-bond acceptors (Lipinski definition) is 4. The first-order chi connectivity index (χ1) is 14.3. The Kier molecular flexibility index (Phi) is 5.71.